The minimum Gasteiger partial charge on any atom is -0.389 e. The average Bonchev–Trinajstić information content (AvgIpc) is 2.73. The van der Waals surface area contributed by atoms with Crippen LogP contribution < -0.4 is 5.32 Å². The van der Waals surface area contributed by atoms with Crippen molar-refractivity contribution in [3.05, 3.63) is 17.5 Å². The Labute approximate surface area is 142 Å². The fourth-order valence-corrected chi connectivity index (χ4v) is 3.69. The predicted molar refractivity (Wildman–Crippen MR) is 88.8 cm³/mol. The molecule has 2 amide bonds. The number of aromatic nitrogens is 2. The van der Waals surface area contributed by atoms with Crippen LogP contribution in [-0.2, 0) is 6.54 Å². The highest BCUT2D eigenvalue weighted by molar-refractivity contribution is 5.98. The molecule has 0 unspecified atom stereocenters. The first-order chi connectivity index (χ1) is 11.6. The first-order valence-corrected chi connectivity index (χ1v) is 8.95. The molecule has 2 aliphatic rings. The maximum atomic E-state index is 12.9. The number of amides is 2. The molecular weight excluding hydrogens is 308 g/mol. The summed E-state index contributed by atoms with van der Waals surface area (Å²) >= 11 is 0. The third-order valence-electron chi connectivity index (χ3n) is 4.98. The summed E-state index contributed by atoms with van der Waals surface area (Å²) in [4.78, 5) is 26.9. The lowest BCUT2D eigenvalue weighted by atomic mass is 10.1. The van der Waals surface area contributed by atoms with Crippen molar-refractivity contribution >= 4 is 11.8 Å². The van der Waals surface area contributed by atoms with E-state index in [4.69, 9.17) is 0 Å². The zero-order valence-corrected chi connectivity index (χ0v) is 14.2. The summed E-state index contributed by atoms with van der Waals surface area (Å²) in [5.74, 6) is -0.414. The molecule has 2 heterocycles. The van der Waals surface area contributed by atoms with Gasteiger partial charge in [0.25, 0.3) is 11.8 Å². The maximum Gasteiger partial charge on any atom is 0.274 e. The molecule has 0 saturated heterocycles. The van der Waals surface area contributed by atoms with Crippen molar-refractivity contribution in [3.63, 3.8) is 0 Å². The van der Waals surface area contributed by atoms with Gasteiger partial charge in [0.15, 0.2) is 5.69 Å². The van der Waals surface area contributed by atoms with Crippen molar-refractivity contribution in [2.75, 3.05) is 13.1 Å². The molecule has 1 aliphatic carbocycles. The Morgan fingerprint density at radius 3 is 2.75 bits per heavy atom. The Morgan fingerprint density at radius 1 is 1.38 bits per heavy atom. The van der Waals surface area contributed by atoms with Gasteiger partial charge in [-0.2, -0.15) is 5.10 Å². The SMILES string of the molecule is CCN(C(=O)c1cc2n(n1)C[C@@H](O)CNC2=O)C1CCCCCC1. The fourth-order valence-electron chi connectivity index (χ4n) is 3.69. The number of carbonyl (C=O) groups excluding carboxylic acids is 2. The van der Waals surface area contributed by atoms with Crippen LogP contribution in [0.5, 0.6) is 0 Å². The highest BCUT2D eigenvalue weighted by Gasteiger charge is 2.29. The molecule has 3 rings (SSSR count). The van der Waals surface area contributed by atoms with E-state index in [-0.39, 0.29) is 30.9 Å². The molecule has 1 saturated carbocycles. The normalized spacial score (nSPS) is 22.2. The summed E-state index contributed by atoms with van der Waals surface area (Å²) in [6.45, 7) is 3.05. The number of aliphatic hydroxyl groups is 1. The van der Waals surface area contributed by atoms with Gasteiger partial charge in [0.2, 0.25) is 0 Å². The Kier molecular flexibility index (Phi) is 5.18. The lowest BCUT2D eigenvalue weighted by molar-refractivity contribution is 0.0664. The minimum atomic E-state index is -0.692. The molecule has 1 fully saturated rings. The number of nitrogens with one attached hydrogen (secondary N) is 1. The van der Waals surface area contributed by atoms with Gasteiger partial charge in [0, 0.05) is 25.2 Å². The van der Waals surface area contributed by atoms with E-state index in [0.29, 0.717) is 17.9 Å². The third kappa shape index (κ3) is 3.45. The highest BCUT2D eigenvalue weighted by Crippen LogP contribution is 2.23. The number of hydrogen-bond donors (Lipinski definition) is 2. The van der Waals surface area contributed by atoms with Crippen LogP contribution >= 0.6 is 0 Å². The van der Waals surface area contributed by atoms with Crippen LogP contribution in [0.2, 0.25) is 0 Å². The molecule has 132 valence electrons. The molecule has 0 aromatic carbocycles. The van der Waals surface area contributed by atoms with E-state index < -0.39 is 6.10 Å². The second-order valence-electron chi connectivity index (χ2n) is 6.70. The van der Waals surface area contributed by atoms with E-state index >= 15 is 0 Å². The van der Waals surface area contributed by atoms with E-state index in [2.05, 4.69) is 10.4 Å². The standard InChI is InChI=1S/C17H26N4O3/c1-2-20(12-7-5-3-4-6-8-12)17(24)14-9-15-16(23)18-10-13(22)11-21(15)19-14/h9,12-13,22H,2-8,10-11H2,1H3,(H,18,23)/t13-/m0/s1. The van der Waals surface area contributed by atoms with Gasteiger partial charge in [0.05, 0.1) is 12.6 Å². The smallest absolute Gasteiger partial charge is 0.274 e. The molecule has 0 radical (unpaired) electrons. The van der Waals surface area contributed by atoms with E-state index in [1.165, 1.54) is 17.5 Å². The van der Waals surface area contributed by atoms with E-state index in [1.807, 2.05) is 11.8 Å². The molecule has 1 aromatic heterocycles. The molecule has 24 heavy (non-hydrogen) atoms. The lowest BCUT2D eigenvalue weighted by Gasteiger charge is -2.29. The zero-order chi connectivity index (χ0) is 17.1. The molecule has 2 N–H and O–H groups in total. The van der Waals surface area contributed by atoms with Crippen LogP contribution in [0.1, 0.15) is 66.4 Å². The van der Waals surface area contributed by atoms with Crippen molar-refractivity contribution in [2.45, 2.75) is 64.1 Å². The lowest BCUT2D eigenvalue weighted by Crippen LogP contribution is -2.40. The van der Waals surface area contributed by atoms with Crippen LogP contribution in [0.25, 0.3) is 0 Å². The van der Waals surface area contributed by atoms with Gasteiger partial charge >= 0.3 is 0 Å². The number of β-amino-alcohol motifs (C(OH)–C–C–N with tert-alkyl or cyclic N) is 1. The van der Waals surface area contributed by atoms with Gasteiger partial charge < -0.3 is 15.3 Å². The summed E-state index contributed by atoms with van der Waals surface area (Å²) in [5.41, 5.74) is 0.632. The van der Waals surface area contributed by atoms with Gasteiger partial charge in [-0.05, 0) is 19.8 Å². The maximum absolute atomic E-state index is 12.9. The van der Waals surface area contributed by atoms with Crippen LogP contribution in [0.15, 0.2) is 6.07 Å². The Morgan fingerprint density at radius 2 is 2.08 bits per heavy atom. The predicted octanol–water partition coefficient (Wildman–Crippen LogP) is 1.17. The zero-order valence-electron chi connectivity index (χ0n) is 14.2. The summed E-state index contributed by atoms with van der Waals surface area (Å²) in [5, 5.41) is 16.8. The number of carbonyl (C=O) groups is 2. The molecule has 1 atom stereocenters. The van der Waals surface area contributed by atoms with Gasteiger partial charge in [0.1, 0.15) is 5.69 Å². The monoisotopic (exact) mass is 334 g/mol. The molecule has 7 nitrogen and oxygen atoms in total. The number of aliphatic hydroxyl groups excluding tert-OH is 1. The van der Waals surface area contributed by atoms with Crippen molar-refractivity contribution in [1.29, 1.82) is 0 Å². The topological polar surface area (TPSA) is 87.5 Å². The van der Waals surface area contributed by atoms with Gasteiger partial charge in [-0.25, -0.2) is 0 Å². The average molecular weight is 334 g/mol. The molecule has 7 heteroatoms. The number of nitrogens with zero attached hydrogens (tertiary/aromatic N) is 3. The van der Waals surface area contributed by atoms with E-state index in [0.717, 1.165) is 25.7 Å². The fraction of sp³-hybridized carbons (Fsp3) is 0.706. The number of rotatable bonds is 3. The van der Waals surface area contributed by atoms with Gasteiger partial charge in [-0.15, -0.1) is 0 Å². The van der Waals surface area contributed by atoms with Gasteiger partial charge in [-0.3, -0.25) is 14.3 Å². The van der Waals surface area contributed by atoms with Crippen LogP contribution in [0.4, 0.5) is 0 Å². The quantitative estimate of drug-likeness (QED) is 0.813. The molecule has 0 bridgehead atoms. The van der Waals surface area contributed by atoms with Crippen LogP contribution in [0.3, 0.4) is 0 Å². The number of fused-ring (bicyclic) bond motifs is 1. The highest BCUT2D eigenvalue weighted by atomic mass is 16.3. The molecule has 1 aliphatic heterocycles. The molecule has 0 spiro atoms. The molecule has 1 aromatic rings. The van der Waals surface area contributed by atoms with Crippen molar-refractivity contribution < 1.29 is 14.7 Å². The third-order valence-corrected chi connectivity index (χ3v) is 4.98. The largest absolute Gasteiger partial charge is 0.389 e. The summed E-state index contributed by atoms with van der Waals surface area (Å²) < 4.78 is 1.45. The number of hydrogen-bond acceptors (Lipinski definition) is 4. The summed E-state index contributed by atoms with van der Waals surface area (Å²) in [6, 6.07) is 1.81. The first-order valence-electron chi connectivity index (χ1n) is 8.95. The Hall–Kier alpha value is -1.89. The minimum absolute atomic E-state index is 0.118. The van der Waals surface area contributed by atoms with Crippen LogP contribution in [0, 0.1) is 0 Å². The van der Waals surface area contributed by atoms with Crippen molar-refractivity contribution in [3.8, 4) is 0 Å². The summed E-state index contributed by atoms with van der Waals surface area (Å²) in [6.07, 6.45) is 6.16. The van der Waals surface area contributed by atoms with E-state index in [1.54, 1.807) is 6.07 Å². The molecular formula is C17H26N4O3. The van der Waals surface area contributed by atoms with Gasteiger partial charge in [-0.1, -0.05) is 25.7 Å². The Bertz CT molecular complexity index is 605. The van der Waals surface area contributed by atoms with E-state index in [9.17, 15) is 14.7 Å². The van der Waals surface area contributed by atoms with Crippen LogP contribution in [-0.4, -0.2) is 56.8 Å². The first kappa shape index (κ1) is 17.0. The Balaban J connectivity index is 1.82. The second-order valence-corrected chi connectivity index (χ2v) is 6.70. The van der Waals surface area contributed by atoms with Crippen molar-refractivity contribution in [2.24, 2.45) is 0 Å². The summed E-state index contributed by atoms with van der Waals surface area (Å²) in [7, 11) is 0. The van der Waals surface area contributed by atoms with Crippen molar-refractivity contribution in [1.82, 2.24) is 20.0 Å². The second kappa shape index (κ2) is 7.34.